The van der Waals surface area contributed by atoms with Crippen molar-refractivity contribution in [2.24, 2.45) is 34.5 Å². The van der Waals surface area contributed by atoms with Gasteiger partial charge in [0.15, 0.2) is 5.78 Å². The predicted molar refractivity (Wildman–Crippen MR) is 111 cm³/mol. The lowest BCUT2D eigenvalue weighted by atomic mass is 9.47. The van der Waals surface area contributed by atoms with Crippen molar-refractivity contribution in [1.82, 2.24) is 0 Å². The van der Waals surface area contributed by atoms with Gasteiger partial charge in [-0.3, -0.25) is 9.59 Å². The average Bonchev–Trinajstić information content (AvgIpc) is 2.92. The van der Waals surface area contributed by atoms with Gasteiger partial charge in [-0.2, -0.15) is 0 Å². The first-order valence-corrected chi connectivity index (χ1v) is 12.6. The molecule has 152 valence electrons. The van der Waals surface area contributed by atoms with Crippen LogP contribution in [0.15, 0.2) is 11.6 Å². The van der Waals surface area contributed by atoms with Crippen molar-refractivity contribution in [2.45, 2.75) is 72.1 Å². The van der Waals surface area contributed by atoms with Crippen LogP contribution >= 0.6 is 0 Å². The number of hydrogen-bond acceptors (Lipinski definition) is 3. The van der Waals surface area contributed by atoms with Crippen LogP contribution < -0.4 is 0 Å². The Labute approximate surface area is 167 Å². The summed E-state index contributed by atoms with van der Waals surface area (Å²) in [6, 6.07) is 0. The van der Waals surface area contributed by atoms with Crippen LogP contribution in [0.1, 0.15) is 72.1 Å². The fraction of sp³-hybridized carbons (Fsp3) is 0.826. The van der Waals surface area contributed by atoms with Crippen LogP contribution in [0.3, 0.4) is 0 Å². The summed E-state index contributed by atoms with van der Waals surface area (Å²) in [5.74, 6) is 3.29. The third-order valence-electron chi connectivity index (χ3n) is 8.45. The third-order valence-corrected chi connectivity index (χ3v) is 8.45. The molecule has 0 aliphatic heterocycles. The van der Waals surface area contributed by atoms with Gasteiger partial charge in [0, 0.05) is 12.3 Å². The van der Waals surface area contributed by atoms with Gasteiger partial charge in [0.05, 0.1) is 12.5 Å². The van der Waals surface area contributed by atoms with Gasteiger partial charge in [-0.15, -0.1) is 0 Å². The number of Topliss-reactive ketones (excluding diaryl/α,β-unsaturated/α-hetero) is 1. The van der Waals surface area contributed by atoms with Gasteiger partial charge in [0.1, 0.15) is 5.78 Å². The first-order valence-electron chi connectivity index (χ1n) is 10.6. The van der Waals surface area contributed by atoms with Gasteiger partial charge < -0.3 is 4.55 Å². The number of fused-ring (bicyclic) bond motifs is 5. The van der Waals surface area contributed by atoms with Crippen molar-refractivity contribution < 1.29 is 14.1 Å². The quantitative estimate of drug-likeness (QED) is 0.607. The van der Waals surface area contributed by atoms with Crippen LogP contribution in [0.25, 0.3) is 0 Å². The van der Waals surface area contributed by atoms with E-state index in [1.54, 1.807) is 19.4 Å². The van der Waals surface area contributed by atoms with Crippen LogP contribution in [0.5, 0.6) is 0 Å². The molecule has 3 saturated carbocycles. The van der Waals surface area contributed by atoms with E-state index in [0.717, 1.165) is 43.4 Å². The molecule has 0 aromatic rings. The second-order valence-electron chi connectivity index (χ2n) is 10.00. The van der Waals surface area contributed by atoms with E-state index in [4.69, 9.17) is 0 Å². The van der Waals surface area contributed by atoms with Gasteiger partial charge in [0.25, 0.3) is 0 Å². The Bertz CT molecular complexity index is 637. The molecule has 27 heavy (non-hydrogen) atoms. The molecule has 0 bridgehead atoms. The molecule has 0 saturated heterocycles. The van der Waals surface area contributed by atoms with Crippen LogP contribution in [-0.2, 0) is 20.8 Å². The van der Waals surface area contributed by atoms with Gasteiger partial charge in [-0.05, 0) is 86.5 Å². The van der Waals surface area contributed by atoms with Crippen molar-refractivity contribution in [3.63, 3.8) is 0 Å². The SMILES string of the molecule is CC(=O)[C@H]1CC[C@H]2[C@@H]3CCC4=CC(=O)CC[C@]4(C)[C@H]3CC[C@]12C.C[S+](C)[O-]. The van der Waals surface area contributed by atoms with E-state index < -0.39 is 11.2 Å². The smallest absolute Gasteiger partial charge is 0.155 e. The highest BCUT2D eigenvalue weighted by molar-refractivity contribution is 7.89. The Balaban J connectivity index is 0.000000481. The molecule has 3 fully saturated rings. The molecule has 4 rings (SSSR count). The Kier molecular flexibility index (Phi) is 5.99. The monoisotopic (exact) mass is 392 g/mol. The maximum Gasteiger partial charge on any atom is 0.155 e. The molecule has 0 N–H and O–H groups in total. The molecule has 4 heteroatoms. The van der Waals surface area contributed by atoms with E-state index >= 15 is 0 Å². The minimum absolute atomic E-state index is 0.245. The van der Waals surface area contributed by atoms with Crippen molar-refractivity contribution in [1.29, 1.82) is 0 Å². The third kappa shape index (κ3) is 3.69. The summed E-state index contributed by atoms with van der Waals surface area (Å²) in [5.41, 5.74) is 1.95. The van der Waals surface area contributed by atoms with Gasteiger partial charge in [-0.1, -0.05) is 30.6 Å². The van der Waals surface area contributed by atoms with Crippen molar-refractivity contribution >= 4 is 22.7 Å². The molecule has 0 radical (unpaired) electrons. The van der Waals surface area contributed by atoms with E-state index in [-0.39, 0.29) is 10.8 Å². The van der Waals surface area contributed by atoms with Crippen LogP contribution in [0, 0.1) is 34.5 Å². The minimum Gasteiger partial charge on any atom is -0.617 e. The van der Waals surface area contributed by atoms with Crippen LogP contribution in [0.2, 0.25) is 0 Å². The lowest BCUT2D eigenvalue weighted by molar-refractivity contribution is -0.128. The molecule has 0 unspecified atom stereocenters. The number of carbonyl (C=O) groups is 2. The summed E-state index contributed by atoms with van der Waals surface area (Å²) in [5, 5.41) is 0. The number of ketones is 2. The summed E-state index contributed by atoms with van der Waals surface area (Å²) in [7, 11) is 0. The molecule has 0 heterocycles. The fourth-order valence-corrected chi connectivity index (χ4v) is 7.23. The molecule has 0 aromatic carbocycles. The normalized spacial score (nSPS) is 43.1. The van der Waals surface area contributed by atoms with E-state index in [0.29, 0.717) is 17.5 Å². The minimum atomic E-state index is -0.611. The zero-order valence-corrected chi connectivity index (χ0v) is 18.5. The fourth-order valence-electron chi connectivity index (χ4n) is 7.23. The van der Waals surface area contributed by atoms with E-state index in [1.807, 2.05) is 6.08 Å². The Morgan fingerprint density at radius 2 is 1.74 bits per heavy atom. The molecular formula is C23H36O3S. The number of allylic oxidation sites excluding steroid dienone is 1. The number of rotatable bonds is 1. The van der Waals surface area contributed by atoms with Gasteiger partial charge in [0.2, 0.25) is 0 Å². The first-order chi connectivity index (χ1) is 12.6. The largest absolute Gasteiger partial charge is 0.617 e. The lowest BCUT2D eigenvalue weighted by Crippen LogP contribution is -2.51. The van der Waals surface area contributed by atoms with Gasteiger partial charge >= 0.3 is 0 Å². The highest BCUT2D eigenvalue weighted by Crippen LogP contribution is 2.66. The highest BCUT2D eigenvalue weighted by atomic mass is 32.2. The summed E-state index contributed by atoms with van der Waals surface area (Å²) >= 11 is -0.611. The second kappa shape index (κ2) is 7.67. The highest BCUT2D eigenvalue weighted by Gasteiger charge is 2.59. The summed E-state index contributed by atoms with van der Waals surface area (Å²) in [4.78, 5) is 24.0. The Morgan fingerprint density at radius 1 is 1.07 bits per heavy atom. The second-order valence-corrected chi connectivity index (χ2v) is 11.5. The van der Waals surface area contributed by atoms with E-state index in [1.165, 1.54) is 31.3 Å². The molecule has 0 spiro atoms. The first kappa shape index (κ1) is 21.1. The summed E-state index contributed by atoms with van der Waals surface area (Å²) in [6.07, 6.45) is 14.2. The average molecular weight is 393 g/mol. The topological polar surface area (TPSA) is 57.2 Å². The van der Waals surface area contributed by atoms with Crippen LogP contribution in [-0.4, -0.2) is 28.6 Å². The summed E-state index contributed by atoms with van der Waals surface area (Å²) < 4.78 is 9.56. The molecule has 4 aliphatic carbocycles. The molecule has 6 atom stereocenters. The molecule has 3 nitrogen and oxygen atoms in total. The maximum absolute atomic E-state index is 12.1. The van der Waals surface area contributed by atoms with Crippen molar-refractivity contribution in [2.75, 3.05) is 12.5 Å². The van der Waals surface area contributed by atoms with E-state index in [2.05, 4.69) is 13.8 Å². The molecule has 4 aliphatic rings. The van der Waals surface area contributed by atoms with Crippen LogP contribution in [0.4, 0.5) is 0 Å². The van der Waals surface area contributed by atoms with Crippen molar-refractivity contribution in [3.8, 4) is 0 Å². The predicted octanol–water partition coefficient (Wildman–Crippen LogP) is 4.72. The molecule has 0 aromatic heterocycles. The number of carbonyl (C=O) groups excluding carboxylic acids is 2. The zero-order valence-electron chi connectivity index (χ0n) is 17.7. The maximum atomic E-state index is 12.1. The Hall–Kier alpha value is -0.610. The standard InChI is InChI=1S/C21H30O2.C2H6OS/c1-13(22)17-6-7-18-16-5-4-14-12-15(23)8-10-20(14,2)19(16)9-11-21(17,18)3;1-4(2)3/h12,16-19H,4-11H2,1-3H3;1-2H3/t16-,17+,18-,19-,20-,21+;/m0./s1. The number of hydrogen-bond donors (Lipinski definition) is 0. The lowest BCUT2D eigenvalue weighted by Gasteiger charge is -2.58. The molecule has 0 amide bonds. The van der Waals surface area contributed by atoms with E-state index in [9.17, 15) is 14.1 Å². The Morgan fingerprint density at radius 3 is 2.37 bits per heavy atom. The zero-order chi connectivity index (χ0) is 20.0. The van der Waals surface area contributed by atoms with Crippen molar-refractivity contribution in [3.05, 3.63) is 11.6 Å². The molecular weight excluding hydrogens is 356 g/mol. The summed E-state index contributed by atoms with van der Waals surface area (Å²) in [6.45, 7) is 6.65. The van der Waals surface area contributed by atoms with Gasteiger partial charge in [-0.25, -0.2) is 0 Å².